The highest BCUT2D eigenvalue weighted by Crippen LogP contribution is 2.36. The van der Waals surface area contributed by atoms with Crippen LogP contribution in [0.1, 0.15) is 13.8 Å². The smallest absolute Gasteiger partial charge is 0.272 e. The fourth-order valence-electron chi connectivity index (χ4n) is 3.28. The SMILES string of the molecule is CC1(C)Oc2ccc(N)nc2N(CC(=O)Nc2ccc(Nc3ccccc3)cc2)C1=O. The summed E-state index contributed by atoms with van der Waals surface area (Å²) in [5, 5.41) is 6.09. The number of ether oxygens (including phenoxy) is 1. The van der Waals surface area contributed by atoms with Gasteiger partial charge in [-0.3, -0.25) is 14.5 Å². The van der Waals surface area contributed by atoms with Gasteiger partial charge in [-0.15, -0.1) is 0 Å². The Labute approximate surface area is 180 Å². The average molecular weight is 417 g/mol. The molecular weight excluding hydrogens is 394 g/mol. The second kappa shape index (κ2) is 7.98. The molecule has 0 atom stereocenters. The number of nitrogens with two attached hydrogens (primary N) is 1. The summed E-state index contributed by atoms with van der Waals surface area (Å²) in [6, 6.07) is 20.3. The molecular formula is C23H23N5O3. The number of hydrogen-bond acceptors (Lipinski definition) is 6. The van der Waals surface area contributed by atoms with Gasteiger partial charge in [-0.2, -0.15) is 0 Å². The van der Waals surface area contributed by atoms with Gasteiger partial charge in [0.2, 0.25) is 5.91 Å². The van der Waals surface area contributed by atoms with Crippen LogP contribution in [-0.4, -0.2) is 28.9 Å². The van der Waals surface area contributed by atoms with Gasteiger partial charge in [-0.05, 0) is 62.4 Å². The molecule has 3 aromatic rings. The molecule has 0 radical (unpaired) electrons. The lowest BCUT2D eigenvalue weighted by Crippen LogP contribution is -2.54. The van der Waals surface area contributed by atoms with Crippen molar-refractivity contribution in [2.45, 2.75) is 19.4 Å². The first-order chi connectivity index (χ1) is 14.8. The number of para-hydroxylation sites is 1. The third-order valence-electron chi connectivity index (χ3n) is 4.77. The first kappa shape index (κ1) is 20.2. The second-order valence-corrected chi connectivity index (χ2v) is 7.68. The van der Waals surface area contributed by atoms with Crippen LogP contribution < -0.4 is 26.0 Å². The zero-order valence-electron chi connectivity index (χ0n) is 17.3. The highest BCUT2D eigenvalue weighted by atomic mass is 16.5. The van der Waals surface area contributed by atoms with Gasteiger partial charge in [0.05, 0.1) is 0 Å². The lowest BCUT2D eigenvalue weighted by Gasteiger charge is -2.37. The van der Waals surface area contributed by atoms with Gasteiger partial charge in [0, 0.05) is 17.1 Å². The molecule has 2 amide bonds. The first-order valence-corrected chi connectivity index (χ1v) is 9.81. The largest absolute Gasteiger partial charge is 0.474 e. The second-order valence-electron chi connectivity index (χ2n) is 7.68. The number of fused-ring (bicyclic) bond motifs is 1. The van der Waals surface area contributed by atoms with Crippen molar-refractivity contribution in [1.29, 1.82) is 0 Å². The molecule has 0 fully saturated rings. The molecule has 4 rings (SSSR count). The summed E-state index contributed by atoms with van der Waals surface area (Å²) in [5.41, 5.74) is 7.13. The van der Waals surface area contributed by atoms with Crippen LogP contribution in [0.4, 0.5) is 28.7 Å². The maximum Gasteiger partial charge on any atom is 0.272 e. The van der Waals surface area contributed by atoms with E-state index in [0.29, 0.717) is 11.4 Å². The van der Waals surface area contributed by atoms with Gasteiger partial charge in [-0.25, -0.2) is 4.98 Å². The fraction of sp³-hybridized carbons (Fsp3) is 0.174. The van der Waals surface area contributed by atoms with E-state index in [1.165, 1.54) is 4.90 Å². The summed E-state index contributed by atoms with van der Waals surface area (Å²) in [6.07, 6.45) is 0. The Balaban J connectivity index is 1.46. The van der Waals surface area contributed by atoms with Crippen molar-refractivity contribution in [2.75, 3.05) is 27.8 Å². The van der Waals surface area contributed by atoms with Gasteiger partial charge < -0.3 is 21.1 Å². The van der Waals surface area contributed by atoms with Gasteiger partial charge in [0.1, 0.15) is 12.4 Å². The van der Waals surface area contributed by atoms with Crippen LogP contribution in [0.5, 0.6) is 5.75 Å². The third-order valence-corrected chi connectivity index (χ3v) is 4.77. The summed E-state index contributed by atoms with van der Waals surface area (Å²) in [5.74, 6) is 0.159. The van der Waals surface area contributed by atoms with E-state index in [0.717, 1.165) is 11.4 Å². The maximum atomic E-state index is 12.9. The van der Waals surface area contributed by atoms with Crippen molar-refractivity contribution in [1.82, 2.24) is 4.98 Å². The maximum absolute atomic E-state index is 12.9. The standard InChI is InChI=1S/C23H23N5O3/c1-23(2)22(30)28(21-18(31-23)12-13-19(24)27-21)14-20(29)26-17-10-8-16(9-11-17)25-15-6-4-3-5-7-15/h3-13,25H,14H2,1-2H3,(H2,24,27)(H,26,29). The van der Waals surface area contributed by atoms with Gasteiger partial charge >= 0.3 is 0 Å². The molecule has 0 bridgehead atoms. The number of amides is 2. The molecule has 2 heterocycles. The molecule has 8 heteroatoms. The predicted molar refractivity (Wildman–Crippen MR) is 121 cm³/mol. The van der Waals surface area contributed by atoms with Gasteiger partial charge in [-0.1, -0.05) is 18.2 Å². The van der Waals surface area contributed by atoms with Crippen molar-refractivity contribution < 1.29 is 14.3 Å². The average Bonchev–Trinajstić information content (AvgIpc) is 2.74. The Kier molecular flexibility index (Phi) is 5.21. The van der Waals surface area contributed by atoms with E-state index in [9.17, 15) is 9.59 Å². The third kappa shape index (κ3) is 4.42. The monoisotopic (exact) mass is 417 g/mol. The van der Waals surface area contributed by atoms with Crippen LogP contribution in [0.15, 0.2) is 66.7 Å². The van der Waals surface area contributed by atoms with Gasteiger partial charge in [0.25, 0.3) is 5.91 Å². The van der Waals surface area contributed by atoms with E-state index in [2.05, 4.69) is 15.6 Å². The topological polar surface area (TPSA) is 110 Å². The lowest BCUT2D eigenvalue weighted by molar-refractivity contribution is -0.133. The zero-order valence-corrected chi connectivity index (χ0v) is 17.3. The van der Waals surface area contributed by atoms with E-state index < -0.39 is 5.60 Å². The number of nitrogen functional groups attached to an aromatic ring is 1. The molecule has 0 saturated carbocycles. The zero-order chi connectivity index (χ0) is 22.0. The van der Waals surface area contributed by atoms with Crippen molar-refractivity contribution >= 4 is 40.5 Å². The quantitative estimate of drug-likeness (QED) is 0.586. The minimum absolute atomic E-state index is 0.209. The van der Waals surface area contributed by atoms with Crippen LogP contribution >= 0.6 is 0 Å². The molecule has 4 N–H and O–H groups in total. The summed E-state index contributed by atoms with van der Waals surface area (Å²) in [7, 11) is 0. The minimum Gasteiger partial charge on any atom is -0.474 e. The van der Waals surface area contributed by atoms with Gasteiger partial charge in [0.15, 0.2) is 17.2 Å². The van der Waals surface area contributed by atoms with Crippen molar-refractivity contribution in [2.24, 2.45) is 0 Å². The van der Waals surface area contributed by atoms with E-state index in [-0.39, 0.29) is 30.0 Å². The number of rotatable bonds is 5. The molecule has 0 saturated heterocycles. The highest BCUT2D eigenvalue weighted by molar-refractivity contribution is 6.07. The van der Waals surface area contributed by atoms with Crippen molar-refractivity contribution in [3.8, 4) is 5.75 Å². The molecule has 1 aromatic heterocycles. The summed E-state index contributed by atoms with van der Waals surface area (Å²) in [6.45, 7) is 3.09. The van der Waals surface area contributed by atoms with Crippen LogP contribution in [0.3, 0.4) is 0 Å². The van der Waals surface area contributed by atoms with E-state index in [1.54, 1.807) is 38.1 Å². The lowest BCUT2D eigenvalue weighted by atomic mass is 10.1. The summed E-state index contributed by atoms with van der Waals surface area (Å²) in [4.78, 5) is 31.0. The minimum atomic E-state index is -1.12. The van der Waals surface area contributed by atoms with Crippen LogP contribution in [0.25, 0.3) is 0 Å². The number of anilines is 5. The van der Waals surface area contributed by atoms with E-state index >= 15 is 0 Å². The number of hydrogen-bond donors (Lipinski definition) is 3. The summed E-state index contributed by atoms with van der Waals surface area (Å²) >= 11 is 0. The van der Waals surface area contributed by atoms with Crippen molar-refractivity contribution in [3.05, 3.63) is 66.7 Å². The Bertz CT molecular complexity index is 1110. The number of carbonyl (C=O) groups is 2. The first-order valence-electron chi connectivity index (χ1n) is 9.81. The number of pyridine rings is 1. The molecule has 31 heavy (non-hydrogen) atoms. The number of benzene rings is 2. The molecule has 0 unspecified atom stereocenters. The molecule has 0 aliphatic carbocycles. The van der Waals surface area contributed by atoms with Crippen LogP contribution in [0, 0.1) is 0 Å². The number of nitrogens with zero attached hydrogens (tertiary/aromatic N) is 2. The number of carbonyl (C=O) groups excluding carboxylic acids is 2. The molecule has 2 aromatic carbocycles. The van der Waals surface area contributed by atoms with E-state index in [4.69, 9.17) is 10.5 Å². The Hall–Kier alpha value is -4.07. The number of aromatic nitrogens is 1. The Morgan fingerprint density at radius 1 is 1.00 bits per heavy atom. The molecule has 0 spiro atoms. The Morgan fingerprint density at radius 3 is 2.35 bits per heavy atom. The molecule has 8 nitrogen and oxygen atoms in total. The fourth-order valence-corrected chi connectivity index (χ4v) is 3.28. The molecule has 1 aliphatic rings. The number of nitrogens with one attached hydrogen (secondary N) is 2. The molecule has 1 aliphatic heterocycles. The van der Waals surface area contributed by atoms with Crippen LogP contribution in [0.2, 0.25) is 0 Å². The van der Waals surface area contributed by atoms with E-state index in [1.807, 2.05) is 42.5 Å². The van der Waals surface area contributed by atoms with Crippen molar-refractivity contribution in [3.63, 3.8) is 0 Å². The highest BCUT2D eigenvalue weighted by Gasteiger charge is 2.42. The predicted octanol–water partition coefficient (Wildman–Crippen LogP) is 3.55. The Morgan fingerprint density at radius 2 is 1.65 bits per heavy atom. The normalized spacial score (nSPS) is 14.4. The summed E-state index contributed by atoms with van der Waals surface area (Å²) < 4.78 is 5.73. The van der Waals surface area contributed by atoms with Crippen LogP contribution in [-0.2, 0) is 9.59 Å². The molecule has 158 valence electrons.